The van der Waals surface area contributed by atoms with Crippen LogP contribution in [0.25, 0.3) is 21.5 Å². The van der Waals surface area contributed by atoms with Gasteiger partial charge in [-0.1, -0.05) is 60.3 Å². The molecule has 0 aliphatic rings. The van der Waals surface area contributed by atoms with Gasteiger partial charge in [0.2, 0.25) is 0 Å². The minimum atomic E-state index is -0.201. The third-order valence-electron chi connectivity index (χ3n) is 4.07. The Labute approximate surface area is 160 Å². The summed E-state index contributed by atoms with van der Waals surface area (Å²) in [6, 6.07) is 20.2. The number of carbonyl (C=O) groups excluding carboxylic acids is 1. The van der Waals surface area contributed by atoms with Gasteiger partial charge in [0, 0.05) is 18.0 Å². The first-order valence-corrected chi connectivity index (χ1v) is 9.42. The van der Waals surface area contributed by atoms with E-state index >= 15 is 0 Å². The molecule has 6 heteroatoms. The zero-order valence-electron chi connectivity index (χ0n) is 14.4. The van der Waals surface area contributed by atoms with Gasteiger partial charge in [-0.3, -0.25) is 4.79 Å². The number of fused-ring (bicyclic) bond motifs is 2. The second-order valence-corrected chi connectivity index (χ2v) is 6.79. The van der Waals surface area contributed by atoms with Crippen LogP contribution in [0.5, 0.6) is 0 Å². The smallest absolute Gasteiger partial charge is 0.250 e. The molecule has 0 unspecified atom stereocenters. The number of amides is 1. The molecule has 0 spiro atoms. The van der Waals surface area contributed by atoms with Crippen LogP contribution >= 0.6 is 11.8 Å². The average molecular weight is 372 g/mol. The lowest BCUT2D eigenvalue weighted by molar-refractivity contribution is -0.118. The molecule has 1 N–H and O–H groups in total. The number of nitrogens with zero attached hydrogens (tertiary/aromatic N) is 3. The molecule has 132 valence electrons. The zero-order valence-corrected chi connectivity index (χ0v) is 15.2. The maximum atomic E-state index is 12.0. The Balaban J connectivity index is 1.54. The number of hydrogen-bond donors (Lipinski definition) is 1. The van der Waals surface area contributed by atoms with E-state index in [0.717, 1.165) is 27.1 Å². The lowest BCUT2D eigenvalue weighted by Gasteiger charge is -2.07. The zero-order chi connectivity index (χ0) is 18.5. The largest absolute Gasteiger partial charge is 0.272 e. The highest BCUT2D eigenvalue weighted by atomic mass is 32.2. The molecule has 0 saturated heterocycles. The van der Waals surface area contributed by atoms with Gasteiger partial charge in [-0.05, 0) is 33.7 Å². The molecule has 5 nitrogen and oxygen atoms in total. The van der Waals surface area contributed by atoms with Crippen LogP contribution in [0.1, 0.15) is 5.56 Å². The van der Waals surface area contributed by atoms with Crippen molar-refractivity contribution in [3.63, 3.8) is 0 Å². The lowest BCUT2D eigenvalue weighted by Crippen LogP contribution is -2.19. The Morgan fingerprint density at radius 1 is 0.963 bits per heavy atom. The van der Waals surface area contributed by atoms with E-state index in [-0.39, 0.29) is 11.7 Å². The first-order valence-electron chi connectivity index (χ1n) is 8.43. The van der Waals surface area contributed by atoms with Crippen molar-refractivity contribution in [2.24, 2.45) is 5.10 Å². The van der Waals surface area contributed by atoms with Crippen molar-refractivity contribution in [1.29, 1.82) is 0 Å². The highest BCUT2D eigenvalue weighted by Gasteiger charge is 2.06. The molecule has 0 radical (unpaired) electrons. The van der Waals surface area contributed by atoms with Crippen LogP contribution in [0.2, 0.25) is 0 Å². The van der Waals surface area contributed by atoms with Crippen molar-refractivity contribution in [3.8, 4) is 0 Å². The fraction of sp³-hybridized carbons (Fsp3) is 0.0476. The van der Waals surface area contributed by atoms with E-state index < -0.39 is 0 Å². The molecule has 1 aromatic heterocycles. The van der Waals surface area contributed by atoms with Crippen molar-refractivity contribution in [2.75, 3.05) is 5.75 Å². The number of hydrogen-bond acceptors (Lipinski definition) is 5. The van der Waals surface area contributed by atoms with Crippen LogP contribution in [-0.4, -0.2) is 27.8 Å². The minimum Gasteiger partial charge on any atom is -0.272 e. The van der Waals surface area contributed by atoms with E-state index in [1.807, 2.05) is 24.3 Å². The molecule has 1 heterocycles. The molecule has 3 aromatic carbocycles. The van der Waals surface area contributed by atoms with Gasteiger partial charge in [-0.25, -0.2) is 15.4 Å². The van der Waals surface area contributed by atoms with E-state index in [2.05, 4.69) is 50.8 Å². The summed E-state index contributed by atoms with van der Waals surface area (Å²) in [6.45, 7) is 0. The Morgan fingerprint density at radius 2 is 1.59 bits per heavy atom. The van der Waals surface area contributed by atoms with Crippen LogP contribution in [0.4, 0.5) is 0 Å². The summed E-state index contributed by atoms with van der Waals surface area (Å²) >= 11 is 1.27. The maximum Gasteiger partial charge on any atom is 0.250 e. The normalized spacial score (nSPS) is 11.3. The predicted molar refractivity (Wildman–Crippen MR) is 110 cm³/mol. The second kappa shape index (κ2) is 7.97. The molecule has 0 saturated carbocycles. The number of carbonyl (C=O) groups is 1. The molecule has 4 rings (SSSR count). The van der Waals surface area contributed by atoms with Crippen molar-refractivity contribution >= 4 is 45.4 Å². The van der Waals surface area contributed by atoms with Gasteiger partial charge in [0.05, 0.1) is 12.0 Å². The quantitative estimate of drug-likeness (QED) is 0.189. The monoisotopic (exact) mass is 372 g/mol. The fourth-order valence-electron chi connectivity index (χ4n) is 2.88. The topological polar surface area (TPSA) is 67.2 Å². The molecule has 0 atom stereocenters. The van der Waals surface area contributed by atoms with Crippen LogP contribution < -0.4 is 5.43 Å². The van der Waals surface area contributed by atoms with Crippen LogP contribution in [0, 0.1) is 0 Å². The van der Waals surface area contributed by atoms with Gasteiger partial charge in [-0.2, -0.15) is 5.10 Å². The molecule has 0 aliphatic heterocycles. The number of benzene rings is 3. The van der Waals surface area contributed by atoms with Gasteiger partial charge < -0.3 is 0 Å². The first-order chi connectivity index (χ1) is 13.3. The van der Waals surface area contributed by atoms with Crippen molar-refractivity contribution in [3.05, 3.63) is 78.6 Å². The number of nitrogens with one attached hydrogen (secondary N) is 1. The average Bonchev–Trinajstić information content (AvgIpc) is 2.72. The van der Waals surface area contributed by atoms with E-state index in [9.17, 15) is 4.79 Å². The van der Waals surface area contributed by atoms with Gasteiger partial charge in [0.15, 0.2) is 5.16 Å². The second-order valence-electron chi connectivity index (χ2n) is 5.85. The number of hydrazone groups is 1. The van der Waals surface area contributed by atoms with Crippen molar-refractivity contribution in [2.45, 2.75) is 5.16 Å². The SMILES string of the molecule is O=C(CSc1ncccn1)N/N=C/c1c2ccccc2cc2ccccc12. The van der Waals surface area contributed by atoms with Gasteiger partial charge in [0.1, 0.15) is 0 Å². The minimum absolute atomic E-state index is 0.201. The molecular weight excluding hydrogens is 356 g/mol. The summed E-state index contributed by atoms with van der Waals surface area (Å²) in [6.07, 6.45) is 5.01. The molecule has 0 fully saturated rings. The summed E-state index contributed by atoms with van der Waals surface area (Å²) in [4.78, 5) is 20.2. The number of thioether (sulfide) groups is 1. The highest BCUT2D eigenvalue weighted by molar-refractivity contribution is 7.99. The fourth-order valence-corrected chi connectivity index (χ4v) is 3.47. The predicted octanol–water partition coefficient (Wildman–Crippen LogP) is 4.03. The lowest BCUT2D eigenvalue weighted by atomic mass is 9.97. The standard InChI is InChI=1S/C21H16N4OS/c26-20(14-27-21-22-10-5-11-23-21)25-24-13-19-17-8-3-1-6-15(17)12-16-7-2-4-9-18(16)19/h1-13H,14H2,(H,25,26)/b24-13+. The summed E-state index contributed by atoms with van der Waals surface area (Å²) in [7, 11) is 0. The van der Waals surface area contributed by atoms with Crippen LogP contribution in [0.3, 0.4) is 0 Å². The van der Waals surface area contributed by atoms with Crippen LogP contribution in [-0.2, 0) is 4.79 Å². The summed E-state index contributed by atoms with van der Waals surface area (Å²) in [5, 5.41) is 9.22. The van der Waals surface area contributed by atoms with Crippen LogP contribution in [0.15, 0.2) is 83.3 Å². The Kier molecular flexibility index (Phi) is 5.07. The summed E-state index contributed by atoms with van der Waals surface area (Å²) in [5.74, 6) is 0.00529. The van der Waals surface area contributed by atoms with Gasteiger partial charge in [0.25, 0.3) is 5.91 Å². The van der Waals surface area contributed by atoms with E-state index in [0.29, 0.717) is 5.16 Å². The van der Waals surface area contributed by atoms with Gasteiger partial charge >= 0.3 is 0 Å². The summed E-state index contributed by atoms with van der Waals surface area (Å²) in [5.41, 5.74) is 3.57. The third-order valence-corrected chi connectivity index (χ3v) is 4.95. The molecular formula is C21H16N4OS. The molecule has 0 bridgehead atoms. The summed E-state index contributed by atoms with van der Waals surface area (Å²) < 4.78 is 0. The Hall–Kier alpha value is -3.25. The molecule has 1 amide bonds. The number of aromatic nitrogens is 2. The van der Waals surface area contributed by atoms with Crippen molar-refractivity contribution < 1.29 is 4.79 Å². The first kappa shape index (κ1) is 17.2. The number of rotatable bonds is 5. The third kappa shape index (κ3) is 3.96. The van der Waals surface area contributed by atoms with E-state index in [1.54, 1.807) is 24.7 Å². The van der Waals surface area contributed by atoms with E-state index in [4.69, 9.17) is 0 Å². The van der Waals surface area contributed by atoms with Gasteiger partial charge in [-0.15, -0.1) is 0 Å². The molecule has 0 aliphatic carbocycles. The maximum absolute atomic E-state index is 12.0. The molecule has 27 heavy (non-hydrogen) atoms. The van der Waals surface area contributed by atoms with Crippen molar-refractivity contribution in [1.82, 2.24) is 15.4 Å². The highest BCUT2D eigenvalue weighted by Crippen LogP contribution is 2.27. The van der Waals surface area contributed by atoms with E-state index in [1.165, 1.54) is 11.8 Å². The Morgan fingerprint density at radius 3 is 2.26 bits per heavy atom. The Bertz CT molecular complexity index is 1070. The molecule has 4 aromatic rings.